The van der Waals surface area contributed by atoms with E-state index >= 15 is 0 Å². The van der Waals surface area contributed by atoms with E-state index in [1.807, 2.05) is 39.0 Å². The highest BCUT2D eigenvalue weighted by atomic mass is 35.5. The number of aryl methyl sites for hydroxylation is 1. The van der Waals surface area contributed by atoms with Crippen molar-refractivity contribution in [1.82, 2.24) is 9.97 Å². The number of halogens is 1. The molecule has 5 heteroatoms. The summed E-state index contributed by atoms with van der Waals surface area (Å²) in [4.78, 5) is 11.3. The second kappa shape index (κ2) is 6.13. The Morgan fingerprint density at radius 3 is 2.91 bits per heavy atom. The summed E-state index contributed by atoms with van der Waals surface area (Å²) >= 11 is 6.45. The van der Waals surface area contributed by atoms with Crippen LogP contribution in [0.4, 0.5) is 11.5 Å². The minimum atomic E-state index is 0.517. The van der Waals surface area contributed by atoms with Crippen LogP contribution in [0.15, 0.2) is 24.4 Å². The van der Waals surface area contributed by atoms with Gasteiger partial charge in [-0.15, -0.1) is 0 Å². The van der Waals surface area contributed by atoms with Gasteiger partial charge in [-0.3, -0.25) is 4.98 Å². The van der Waals surface area contributed by atoms with Crippen LogP contribution in [0, 0.1) is 6.92 Å². The molecule has 2 aromatic rings. The molecule has 0 saturated carbocycles. The van der Waals surface area contributed by atoms with Crippen LogP contribution in [0.25, 0.3) is 11.3 Å². The van der Waals surface area contributed by atoms with Gasteiger partial charge >= 0.3 is 0 Å². The van der Waals surface area contributed by atoms with E-state index in [1.54, 1.807) is 6.20 Å². The van der Waals surface area contributed by atoms with Crippen LogP contribution in [-0.4, -0.2) is 29.1 Å². The average Bonchev–Trinajstić information content (AvgIpc) is 2.93. The maximum Gasteiger partial charge on any atom is 0.150 e. The van der Waals surface area contributed by atoms with Gasteiger partial charge in [-0.25, -0.2) is 4.98 Å². The van der Waals surface area contributed by atoms with Gasteiger partial charge in [-0.05, 0) is 31.5 Å². The second-order valence-corrected chi connectivity index (χ2v) is 5.86. The van der Waals surface area contributed by atoms with Crippen LogP contribution in [0.2, 0.25) is 5.02 Å². The van der Waals surface area contributed by atoms with Gasteiger partial charge in [-0.2, -0.15) is 0 Å². The normalized spacial score (nSPS) is 18.2. The minimum absolute atomic E-state index is 0.517. The van der Waals surface area contributed by atoms with Crippen molar-refractivity contribution in [3.63, 3.8) is 0 Å². The molecule has 0 spiro atoms. The van der Waals surface area contributed by atoms with E-state index < -0.39 is 0 Å². The lowest BCUT2D eigenvalue weighted by atomic mass is 10.1. The monoisotopic (exact) mass is 316 g/mol. The topological polar surface area (TPSA) is 41.1 Å². The van der Waals surface area contributed by atoms with Gasteiger partial charge in [0.1, 0.15) is 0 Å². The molecule has 2 aliphatic heterocycles. The first-order chi connectivity index (χ1) is 10.7. The maximum absolute atomic E-state index is 6.45. The van der Waals surface area contributed by atoms with Crippen LogP contribution in [0.1, 0.15) is 26.0 Å². The molecular formula is C17H21ClN4. The third kappa shape index (κ3) is 2.63. The van der Waals surface area contributed by atoms with Crippen LogP contribution in [0.5, 0.6) is 0 Å². The molecule has 1 atom stereocenters. The van der Waals surface area contributed by atoms with E-state index in [9.17, 15) is 0 Å². The Morgan fingerprint density at radius 1 is 1.32 bits per heavy atom. The Hall–Kier alpha value is -1.81. The van der Waals surface area contributed by atoms with Crippen LogP contribution >= 0.6 is 11.6 Å². The number of pyridine rings is 2. The maximum atomic E-state index is 6.45. The highest BCUT2D eigenvalue weighted by Crippen LogP contribution is 2.39. The Kier molecular flexibility index (Phi) is 4.21. The fourth-order valence-electron chi connectivity index (χ4n) is 3.01. The van der Waals surface area contributed by atoms with Gasteiger partial charge in [0, 0.05) is 36.6 Å². The first kappa shape index (κ1) is 15.1. The highest BCUT2D eigenvalue weighted by Gasteiger charge is 2.31. The quantitative estimate of drug-likeness (QED) is 0.858. The van der Waals surface area contributed by atoms with E-state index in [-0.39, 0.29) is 0 Å². The smallest absolute Gasteiger partial charge is 0.150 e. The summed E-state index contributed by atoms with van der Waals surface area (Å²) in [5.41, 5.74) is 3.93. The van der Waals surface area contributed by atoms with Crippen LogP contribution in [0.3, 0.4) is 0 Å². The van der Waals surface area contributed by atoms with Gasteiger partial charge < -0.3 is 10.2 Å². The molecule has 4 heterocycles. The number of rotatable bonds is 1. The van der Waals surface area contributed by atoms with Gasteiger partial charge in [0.15, 0.2) is 5.82 Å². The van der Waals surface area contributed by atoms with Crippen molar-refractivity contribution < 1.29 is 0 Å². The van der Waals surface area contributed by atoms with E-state index in [4.69, 9.17) is 16.6 Å². The number of fused-ring (bicyclic) bond motifs is 4. The number of nitrogens with one attached hydrogen (secondary N) is 1. The molecule has 1 unspecified atom stereocenters. The second-order valence-electron chi connectivity index (χ2n) is 5.45. The predicted octanol–water partition coefficient (Wildman–Crippen LogP) is 4.14. The third-order valence-corrected chi connectivity index (χ3v) is 4.28. The van der Waals surface area contributed by atoms with Crippen LogP contribution < -0.4 is 10.2 Å². The zero-order chi connectivity index (χ0) is 15.7. The fourth-order valence-corrected chi connectivity index (χ4v) is 3.27. The Morgan fingerprint density at radius 2 is 2.14 bits per heavy atom. The molecule has 1 saturated heterocycles. The third-order valence-electron chi connectivity index (χ3n) is 4.00. The summed E-state index contributed by atoms with van der Waals surface area (Å²) in [7, 11) is 0. The number of aromatic nitrogens is 2. The van der Waals surface area contributed by atoms with Crippen molar-refractivity contribution >= 4 is 23.1 Å². The predicted molar refractivity (Wildman–Crippen MR) is 92.8 cm³/mol. The minimum Gasteiger partial charge on any atom is -0.366 e. The van der Waals surface area contributed by atoms with Crippen molar-refractivity contribution in [2.75, 3.05) is 23.3 Å². The molecule has 116 valence electrons. The fraction of sp³-hybridized carbons (Fsp3) is 0.412. The summed E-state index contributed by atoms with van der Waals surface area (Å²) in [6.45, 7) is 8.11. The molecule has 2 aliphatic rings. The van der Waals surface area contributed by atoms with E-state index in [0.29, 0.717) is 11.1 Å². The number of hydrogen-bond acceptors (Lipinski definition) is 4. The summed E-state index contributed by atoms with van der Waals surface area (Å²) < 4.78 is 0. The molecule has 4 nitrogen and oxygen atoms in total. The number of hydrogen-bond donors (Lipinski definition) is 1. The molecule has 0 amide bonds. The van der Waals surface area contributed by atoms with Gasteiger partial charge in [0.05, 0.1) is 16.4 Å². The molecule has 2 bridgehead atoms. The molecule has 22 heavy (non-hydrogen) atoms. The number of anilines is 2. The summed E-state index contributed by atoms with van der Waals surface area (Å²) in [5.74, 6) is 0.951. The highest BCUT2D eigenvalue weighted by molar-refractivity contribution is 6.33. The SMILES string of the molecule is CC.Cc1cc(-c2nc3c(cc2Cl)N2CCC(C2)N3)ccn1. The molecule has 0 radical (unpaired) electrons. The Labute approximate surface area is 136 Å². The zero-order valence-corrected chi connectivity index (χ0v) is 14.0. The van der Waals surface area contributed by atoms with Crippen molar-refractivity contribution in [3.05, 3.63) is 35.1 Å². The van der Waals surface area contributed by atoms with E-state index in [2.05, 4.69) is 15.2 Å². The average molecular weight is 317 g/mol. The Balaban J connectivity index is 0.000000693. The van der Waals surface area contributed by atoms with Crippen molar-refractivity contribution in [3.8, 4) is 11.3 Å². The van der Waals surface area contributed by atoms with E-state index in [0.717, 1.165) is 48.0 Å². The standard InChI is InChI=1S/C15H15ClN4.C2H6/c1-9-6-10(2-4-17-9)14-12(16)7-13-15(19-14)18-11-3-5-20(13)8-11;1-2/h2,4,6-7,11H,3,5,8H2,1H3,(H,18,19);1-2H3. The molecule has 0 aromatic carbocycles. The van der Waals surface area contributed by atoms with Gasteiger partial charge in [0.25, 0.3) is 0 Å². The lowest BCUT2D eigenvalue weighted by Crippen LogP contribution is -2.32. The Bertz CT molecular complexity index is 686. The number of nitrogens with zero attached hydrogens (tertiary/aromatic N) is 3. The van der Waals surface area contributed by atoms with Crippen molar-refractivity contribution in [2.45, 2.75) is 33.2 Å². The lowest BCUT2D eigenvalue weighted by molar-refractivity contribution is 0.788. The first-order valence-corrected chi connectivity index (χ1v) is 8.23. The zero-order valence-electron chi connectivity index (χ0n) is 13.2. The molecule has 4 rings (SSSR count). The largest absolute Gasteiger partial charge is 0.366 e. The van der Waals surface area contributed by atoms with E-state index in [1.165, 1.54) is 0 Å². The van der Waals surface area contributed by atoms with Crippen molar-refractivity contribution in [2.24, 2.45) is 0 Å². The van der Waals surface area contributed by atoms with Crippen molar-refractivity contribution in [1.29, 1.82) is 0 Å². The summed E-state index contributed by atoms with van der Waals surface area (Å²) in [6.07, 6.45) is 2.96. The van der Waals surface area contributed by atoms with Gasteiger partial charge in [0.2, 0.25) is 0 Å². The summed E-state index contributed by atoms with van der Waals surface area (Å²) in [6, 6.07) is 6.51. The molecule has 2 aromatic heterocycles. The first-order valence-electron chi connectivity index (χ1n) is 7.86. The molecule has 1 fully saturated rings. The molecular weight excluding hydrogens is 296 g/mol. The summed E-state index contributed by atoms with van der Waals surface area (Å²) in [5, 5.41) is 4.21. The molecule has 0 aliphatic carbocycles. The molecule has 1 N–H and O–H groups in total. The van der Waals surface area contributed by atoms with Crippen LogP contribution in [-0.2, 0) is 0 Å². The lowest BCUT2D eigenvalue weighted by Gasteiger charge is -2.28. The van der Waals surface area contributed by atoms with Gasteiger partial charge in [-0.1, -0.05) is 25.4 Å².